The quantitative estimate of drug-likeness (QED) is 0.176. The zero-order valence-corrected chi connectivity index (χ0v) is 31.5. The van der Waals surface area contributed by atoms with Gasteiger partial charge in [-0.1, -0.05) is 170 Å². The molecule has 11 aromatic rings. The van der Waals surface area contributed by atoms with Crippen LogP contribution in [0.15, 0.2) is 206 Å². The van der Waals surface area contributed by atoms with Crippen molar-refractivity contribution in [3.8, 4) is 50.7 Å². The summed E-state index contributed by atoms with van der Waals surface area (Å²) < 4.78 is 2.45. The highest BCUT2D eigenvalue weighted by Gasteiger charge is 2.32. The standard InChI is InChI=1S/C55H35N3/c1-3-15-36(16-4-1)52-44-21-9-10-22-45(44)53-47(52)30-31-51-54(53)46-23-11-12-25-50(46)58(51)41-28-29-42-39(33-41)20-13-24-43(42)49-34-48(56-55(57-49)37-17-5-2-6-18-37)40-27-26-35-14-7-8-19-38(35)32-40/h1-34,52H. The molecule has 0 saturated heterocycles. The lowest BCUT2D eigenvalue weighted by Crippen LogP contribution is -1.99. The Morgan fingerprint density at radius 1 is 0.397 bits per heavy atom. The number of hydrogen-bond acceptors (Lipinski definition) is 2. The first kappa shape index (κ1) is 32.6. The number of para-hydroxylation sites is 1. The lowest BCUT2D eigenvalue weighted by Gasteiger charge is -2.15. The van der Waals surface area contributed by atoms with Crippen molar-refractivity contribution in [2.75, 3.05) is 0 Å². The Labute approximate surface area is 336 Å². The van der Waals surface area contributed by atoms with E-state index in [2.05, 4.69) is 193 Å². The second kappa shape index (κ2) is 13.0. The van der Waals surface area contributed by atoms with Crippen molar-refractivity contribution in [3.05, 3.63) is 223 Å². The minimum atomic E-state index is 0.198. The number of nitrogens with zero attached hydrogens (tertiary/aromatic N) is 3. The second-order valence-electron chi connectivity index (χ2n) is 15.3. The van der Waals surface area contributed by atoms with E-state index in [0.717, 1.165) is 44.5 Å². The summed E-state index contributed by atoms with van der Waals surface area (Å²) in [6.07, 6.45) is 0. The van der Waals surface area contributed by atoms with Crippen LogP contribution in [-0.4, -0.2) is 14.5 Å². The van der Waals surface area contributed by atoms with Gasteiger partial charge in [0.2, 0.25) is 0 Å². The maximum atomic E-state index is 5.23. The van der Waals surface area contributed by atoms with Gasteiger partial charge in [-0.25, -0.2) is 9.97 Å². The predicted molar refractivity (Wildman–Crippen MR) is 241 cm³/mol. The van der Waals surface area contributed by atoms with Crippen LogP contribution in [0.5, 0.6) is 0 Å². The second-order valence-corrected chi connectivity index (χ2v) is 15.3. The van der Waals surface area contributed by atoms with Crippen molar-refractivity contribution in [3.63, 3.8) is 0 Å². The van der Waals surface area contributed by atoms with Gasteiger partial charge in [0.15, 0.2) is 5.82 Å². The van der Waals surface area contributed by atoms with E-state index in [4.69, 9.17) is 9.97 Å². The fourth-order valence-corrected chi connectivity index (χ4v) is 9.47. The highest BCUT2D eigenvalue weighted by molar-refractivity contribution is 6.18. The third kappa shape index (κ3) is 5.07. The van der Waals surface area contributed by atoms with Crippen LogP contribution in [0.3, 0.4) is 0 Å². The number of aromatic nitrogens is 3. The van der Waals surface area contributed by atoms with Gasteiger partial charge in [-0.2, -0.15) is 0 Å². The van der Waals surface area contributed by atoms with Gasteiger partial charge < -0.3 is 4.57 Å². The minimum Gasteiger partial charge on any atom is -0.309 e. The Kier molecular flexibility index (Phi) is 7.29. The molecule has 3 nitrogen and oxygen atoms in total. The van der Waals surface area contributed by atoms with Gasteiger partial charge in [0.1, 0.15) is 0 Å². The van der Waals surface area contributed by atoms with Crippen LogP contribution in [-0.2, 0) is 0 Å². The Bertz CT molecular complexity index is 3400. The van der Waals surface area contributed by atoms with Gasteiger partial charge >= 0.3 is 0 Å². The molecule has 2 aromatic heterocycles. The van der Waals surface area contributed by atoms with E-state index in [-0.39, 0.29) is 5.92 Å². The van der Waals surface area contributed by atoms with Crippen molar-refractivity contribution < 1.29 is 0 Å². The first-order valence-corrected chi connectivity index (χ1v) is 19.9. The summed E-state index contributed by atoms with van der Waals surface area (Å²) >= 11 is 0. The lowest BCUT2D eigenvalue weighted by molar-refractivity contribution is 1.02. The molecule has 12 rings (SSSR count). The molecule has 270 valence electrons. The van der Waals surface area contributed by atoms with Gasteiger partial charge in [-0.05, 0) is 85.8 Å². The number of rotatable bonds is 5. The Morgan fingerprint density at radius 3 is 2.02 bits per heavy atom. The molecular formula is C55H35N3. The van der Waals surface area contributed by atoms with Gasteiger partial charge in [0.25, 0.3) is 0 Å². The van der Waals surface area contributed by atoms with Gasteiger partial charge in [0.05, 0.1) is 22.4 Å². The monoisotopic (exact) mass is 737 g/mol. The fourth-order valence-electron chi connectivity index (χ4n) is 9.47. The van der Waals surface area contributed by atoms with Gasteiger partial charge in [-0.3, -0.25) is 0 Å². The molecule has 3 heteroatoms. The topological polar surface area (TPSA) is 30.7 Å². The number of benzene rings is 9. The van der Waals surface area contributed by atoms with Crippen LogP contribution in [0.2, 0.25) is 0 Å². The summed E-state index contributed by atoms with van der Waals surface area (Å²) in [5.41, 5.74) is 15.2. The molecule has 9 aromatic carbocycles. The first-order valence-electron chi connectivity index (χ1n) is 19.9. The van der Waals surface area contributed by atoms with E-state index >= 15 is 0 Å². The third-order valence-electron chi connectivity index (χ3n) is 12.1. The van der Waals surface area contributed by atoms with E-state index in [9.17, 15) is 0 Å². The zero-order valence-electron chi connectivity index (χ0n) is 31.5. The van der Waals surface area contributed by atoms with Crippen LogP contribution in [0, 0.1) is 0 Å². The average molecular weight is 738 g/mol. The largest absolute Gasteiger partial charge is 0.309 e. The molecule has 0 spiro atoms. The minimum absolute atomic E-state index is 0.198. The molecule has 0 saturated carbocycles. The van der Waals surface area contributed by atoms with E-state index in [1.807, 2.05) is 18.2 Å². The van der Waals surface area contributed by atoms with E-state index < -0.39 is 0 Å². The molecule has 0 fully saturated rings. The molecule has 58 heavy (non-hydrogen) atoms. The van der Waals surface area contributed by atoms with Crippen molar-refractivity contribution in [1.29, 1.82) is 0 Å². The van der Waals surface area contributed by atoms with E-state index in [1.54, 1.807) is 0 Å². The molecule has 1 atom stereocenters. The smallest absolute Gasteiger partial charge is 0.160 e. The molecule has 0 N–H and O–H groups in total. The van der Waals surface area contributed by atoms with Crippen molar-refractivity contribution >= 4 is 43.4 Å². The highest BCUT2D eigenvalue weighted by atomic mass is 15.0. The maximum absolute atomic E-state index is 5.23. The van der Waals surface area contributed by atoms with Crippen LogP contribution in [0.25, 0.3) is 94.1 Å². The third-order valence-corrected chi connectivity index (χ3v) is 12.1. The molecule has 0 radical (unpaired) electrons. The van der Waals surface area contributed by atoms with Crippen molar-refractivity contribution in [1.82, 2.24) is 14.5 Å². The van der Waals surface area contributed by atoms with Crippen LogP contribution in [0.4, 0.5) is 0 Å². The van der Waals surface area contributed by atoms with Crippen molar-refractivity contribution in [2.24, 2.45) is 0 Å². The zero-order chi connectivity index (χ0) is 38.2. The van der Waals surface area contributed by atoms with Crippen molar-refractivity contribution in [2.45, 2.75) is 5.92 Å². The van der Waals surface area contributed by atoms with Crippen LogP contribution in [0.1, 0.15) is 22.6 Å². The Hall–Kier alpha value is -7.62. The van der Waals surface area contributed by atoms with E-state index in [1.165, 1.54) is 60.4 Å². The SMILES string of the molecule is c1ccc(-c2nc(-c3ccc4ccccc4c3)cc(-c3cccc4cc(-n5c6ccccc6c6c7c(ccc65)C(c5ccccc5)c5ccccc5-7)ccc34)n2)cc1. The summed E-state index contributed by atoms with van der Waals surface area (Å²) in [5.74, 6) is 0.910. The molecule has 0 bridgehead atoms. The summed E-state index contributed by atoms with van der Waals surface area (Å²) in [4.78, 5) is 10.4. The van der Waals surface area contributed by atoms with E-state index in [0.29, 0.717) is 5.82 Å². The Morgan fingerprint density at radius 2 is 1.12 bits per heavy atom. The molecule has 0 aliphatic heterocycles. The highest BCUT2D eigenvalue weighted by Crippen LogP contribution is 2.52. The average Bonchev–Trinajstić information content (AvgIpc) is 3.82. The summed E-state index contributed by atoms with van der Waals surface area (Å²) in [6.45, 7) is 0. The molecule has 1 unspecified atom stereocenters. The van der Waals surface area contributed by atoms with Crippen LogP contribution >= 0.6 is 0 Å². The molecule has 1 aliphatic rings. The number of hydrogen-bond donors (Lipinski definition) is 0. The van der Waals surface area contributed by atoms with Gasteiger partial charge in [-0.15, -0.1) is 0 Å². The Balaban J connectivity index is 1.04. The summed E-state index contributed by atoms with van der Waals surface area (Å²) in [5, 5.41) is 7.28. The normalized spacial score (nSPS) is 13.3. The molecule has 0 amide bonds. The molecule has 2 heterocycles. The fraction of sp³-hybridized carbons (Fsp3) is 0.0182. The lowest BCUT2D eigenvalue weighted by atomic mass is 9.89. The van der Waals surface area contributed by atoms with Crippen LogP contribution < -0.4 is 0 Å². The van der Waals surface area contributed by atoms with Gasteiger partial charge in [0, 0.05) is 39.1 Å². The first-order chi connectivity index (χ1) is 28.8. The summed E-state index contributed by atoms with van der Waals surface area (Å²) in [7, 11) is 0. The number of fused-ring (bicyclic) bond motifs is 9. The predicted octanol–water partition coefficient (Wildman–Crippen LogP) is 14.0. The summed E-state index contributed by atoms with van der Waals surface area (Å²) in [6, 6.07) is 74.4. The molecular weight excluding hydrogens is 703 g/mol. The molecule has 1 aliphatic carbocycles. The maximum Gasteiger partial charge on any atom is 0.160 e.